The van der Waals surface area contributed by atoms with Gasteiger partial charge in [0.1, 0.15) is 12.1 Å². The molecule has 0 aliphatic carbocycles. The average molecular weight is 230 g/mol. The largest absolute Gasteiger partial charge is 0.468 e. The summed E-state index contributed by atoms with van der Waals surface area (Å²) in [6.45, 7) is 3.11. The Bertz CT molecular complexity index is 270. The van der Waals surface area contributed by atoms with Gasteiger partial charge in [0, 0.05) is 13.6 Å². The molecule has 0 bridgehead atoms. The first-order valence-electron chi connectivity index (χ1n) is 5.24. The molecule has 1 aliphatic heterocycles. The van der Waals surface area contributed by atoms with Crippen molar-refractivity contribution in [3.63, 3.8) is 0 Å². The fourth-order valence-corrected chi connectivity index (χ4v) is 1.78. The van der Waals surface area contributed by atoms with E-state index in [1.807, 2.05) is 0 Å². The molecule has 0 aromatic carbocycles. The summed E-state index contributed by atoms with van der Waals surface area (Å²) in [5, 5.41) is 2.56. The van der Waals surface area contributed by atoms with E-state index in [9.17, 15) is 9.59 Å². The highest BCUT2D eigenvalue weighted by atomic mass is 16.5. The number of amides is 1. The van der Waals surface area contributed by atoms with Gasteiger partial charge < -0.3 is 14.8 Å². The fraction of sp³-hybridized carbons (Fsp3) is 0.800. The van der Waals surface area contributed by atoms with Crippen LogP contribution in [0.25, 0.3) is 0 Å². The van der Waals surface area contributed by atoms with E-state index in [1.165, 1.54) is 7.11 Å². The molecule has 0 saturated carbocycles. The van der Waals surface area contributed by atoms with Crippen molar-refractivity contribution < 1.29 is 19.1 Å². The van der Waals surface area contributed by atoms with E-state index in [1.54, 1.807) is 18.9 Å². The molecule has 1 fully saturated rings. The molecule has 1 saturated heterocycles. The summed E-state index contributed by atoms with van der Waals surface area (Å²) in [5.74, 6) is -0.480. The second-order valence-electron chi connectivity index (χ2n) is 3.64. The number of methoxy groups -OCH3 is 1. The lowest BCUT2D eigenvalue weighted by Crippen LogP contribution is -2.58. The molecule has 2 atom stereocenters. The molecular weight excluding hydrogens is 212 g/mol. The molecule has 16 heavy (non-hydrogen) atoms. The Morgan fingerprint density at radius 3 is 2.81 bits per heavy atom. The lowest BCUT2D eigenvalue weighted by molar-refractivity contribution is -0.152. The van der Waals surface area contributed by atoms with Crippen LogP contribution in [0.1, 0.15) is 6.92 Å². The summed E-state index contributed by atoms with van der Waals surface area (Å²) in [4.78, 5) is 24.8. The number of hydrogen-bond acceptors (Lipinski definition) is 5. The van der Waals surface area contributed by atoms with Crippen molar-refractivity contribution in [1.82, 2.24) is 10.2 Å². The lowest BCUT2D eigenvalue weighted by atomic mass is 10.1. The highest BCUT2D eigenvalue weighted by Gasteiger charge is 2.35. The number of nitrogens with one attached hydrogen (secondary N) is 1. The van der Waals surface area contributed by atoms with Gasteiger partial charge in [-0.3, -0.25) is 14.5 Å². The van der Waals surface area contributed by atoms with Crippen molar-refractivity contribution in [2.24, 2.45) is 0 Å². The van der Waals surface area contributed by atoms with E-state index in [0.29, 0.717) is 19.8 Å². The van der Waals surface area contributed by atoms with Gasteiger partial charge in [0.25, 0.3) is 0 Å². The molecule has 1 heterocycles. The predicted molar refractivity (Wildman–Crippen MR) is 56.9 cm³/mol. The van der Waals surface area contributed by atoms with E-state index in [-0.39, 0.29) is 11.9 Å². The van der Waals surface area contributed by atoms with Gasteiger partial charge in [0.15, 0.2) is 0 Å². The Labute approximate surface area is 94.9 Å². The van der Waals surface area contributed by atoms with Crippen LogP contribution < -0.4 is 5.32 Å². The number of ether oxygens (including phenoxy) is 2. The van der Waals surface area contributed by atoms with E-state index in [2.05, 4.69) is 10.1 Å². The molecule has 92 valence electrons. The van der Waals surface area contributed by atoms with Crippen molar-refractivity contribution in [1.29, 1.82) is 0 Å². The number of esters is 1. The summed E-state index contributed by atoms with van der Waals surface area (Å²) < 4.78 is 9.92. The van der Waals surface area contributed by atoms with Gasteiger partial charge in [-0.2, -0.15) is 0 Å². The molecule has 6 heteroatoms. The van der Waals surface area contributed by atoms with Crippen LogP contribution in [0.5, 0.6) is 0 Å². The standard InChI is InChI=1S/C10H18N2O4/c1-7(10(14)15-3)12-4-5-16-6-8(12)9(13)11-2/h7-8H,4-6H2,1-3H3,(H,11,13). The molecular formula is C10H18N2O4. The van der Waals surface area contributed by atoms with Crippen molar-refractivity contribution >= 4 is 11.9 Å². The van der Waals surface area contributed by atoms with Crippen LogP contribution in [0, 0.1) is 0 Å². The van der Waals surface area contributed by atoms with Crippen molar-refractivity contribution in [2.75, 3.05) is 33.9 Å². The van der Waals surface area contributed by atoms with Crippen molar-refractivity contribution in [3.05, 3.63) is 0 Å². The molecule has 0 aromatic rings. The second kappa shape index (κ2) is 5.81. The van der Waals surface area contributed by atoms with Crippen LogP contribution in [0.4, 0.5) is 0 Å². The number of hydrogen-bond donors (Lipinski definition) is 1. The van der Waals surface area contributed by atoms with Crippen LogP contribution in [-0.2, 0) is 19.1 Å². The fourth-order valence-electron chi connectivity index (χ4n) is 1.78. The topological polar surface area (TPSA) is 67.9 Å². The maximum absolute atomic E-state index is 11.6. The summed E-state index contributed by atoms with van der Waals surface area (Å²) in [6.07, 6.45) is 0. The number of nitrogens with zero attached hydrogens (tertiary/aromatic N) is 1. The molecule has 0 aromatic heterocycles. The third kappa shape index (κ3) is 2.70. The number of carbonyl (C=O) groups excluding carboxylic acids is 2. The molecule has 1 amide bonds. The van der Waals surface area contributed by atoms with Crippen LogP contribution in [0.2, 0.25) is 0 Å². The normalized spacial score (nSPS) is 23.6. The molecule has 6 nitrogen and oxygen atoms in total. The van der Waals surface area contributed by atoms with Gasteiger partial charge in [-0.25, -0.2) is 0 Å². The zero-order chi connectivity index (χ0) is 12.1. The van der Waals surface area contributed by atoms with Gasteiger partial charge >= 0.3 is 5.97 Å². The Morgan fingerprint density at radius 1 is 1.56 bits per heavy atom. The van der Waals surface area contributed by atoms with E-state index >= 15 is 0 Å². The van der Waals surface area contributed by atoms with Crippen molar-refractivity contribution in [2.45, 2.75) is 19.0 Å². The van der Waals surface area contributed by atoms with Gasteiger partial charge in [-0.1, -0.05) is 0 Å². The molecule has 0 spiro atoms. The second-order valence-corrected chi connectivity index (χ2v) is 3.64. The Morgan fingerprint density at radius 2 is 2.25 bits per heavy atom. The zero-order valence-corrected chi connectivity index (χ0v) is 9.86. The molecule has 1 aliphatic rings. The Hall–Kier alpha value is -1.14. The van der Waals surface area contributed by atoms with Gasteiger partial charge in [0.2, 0.25) is 5.91 Å². The van der Waals surface area contributed by atoms with E-state index in [4.69, 9.17) is 4.74 Å². The number of rotatable bonds is 3. The molecule has 1 N–H and O–H groups in total. The van der Waals surface area contributed by atoms with Gasteiger partial charge in [-0.15, -0.1) is 0 Å². The minimum absolute atomic E-state index is 0.143. The van der Waals surface area contributed by atoms with Crippen LogP contribution >= 0.6 is 0 Å². The first kappa shape index (κ1) is 12.9. The summed E-state index contributed by atoms with van der Waals surface area (Å²) in [6, 6.07) is -0.857. The first-order chi connectivity index (χ1) is 7.61. The highest BCUT2D eigenvalue weighted by Crippen LogP contribution is 2.12. The molecule has 2 unspecified atom stereocenters. The number of morpholine rings is 1. The Balaban J connectivity index is 2.73. The number of likely N-dealkylation sites (N-methyl/N-ethyl adjacent to an activating group) is 1. The van der Waals surface area contributed by atoms with Crippen LogP contribution in [-0.4, -0.2) is 62.8 Å². The van der Waals surface area contributed by atoms with Crippen LogP contribution in [0.15, 0.2) is 0 Å². The maximum atomic E-state index is 11.6. The first-order valence-corrected chi connectivity index (χ1v) is 5.24. The summed E-state index contributed by atoms with van der Waals surface area (Å²) in [5.41, 5.74) is 0. The third-order valence-electron chi connectivity index (χ3n) is 2.76. The summed E-state index contributed by atoms with van der Waals surface area (Å²) in [7, 11) is 2.91. The Kier molecular flexibility index (Phi) is 4.70. The predicted octanol–water partition coefficient (Wildman–Crippen LogP) is -1.01. The third-order valence-corrected chi connectivity index (χ3v) is 2.76. The number of carbonyl (C=O) groups is 2. The monoisotopic (exact) mass is 230 g/mol. The molecule has 0 radical (unpaired) electrons. The quantitative estimate of drug-likeness (QED) is 0.629. The van der Waals surface area contributed by atoms with Gasteiger partial charge in [0.05, 0.1) is 20.3 Å². The average Bonchev–Trinajstić information content (AvgIpc) is 2.35. The highest BCUT2D eigenvalue weighted by molar-refractivity contribution is 5.83. The van der Waals surface area contributed by atoms with E-state index in [0.717, 1.165) is 0 Å². The maximum Gasteiger partial charge on any atom is 0.322 e. The molecule has 1 rings (SSSR count). The van der Waals surface area contributed by atoms with Crippen LogP contribution in [0.3, 0.4) is 0 Å². The zero-order valence-electron chi connectivity index (χ0n) is 9.86. The smallest absolute Gasteiger partial charge is 0.322 e. The van der Waals surface area contributed by atoms with Crippen molar-refractivity contribution in [3.8, 4) is 0 Å². The minimum atomic E-state index is -0.434. The summed E-state index contributed by atoms with van der Waals surface area (Å²) >= 11 is 0. The SMILES string of the molecule is CNC(=O)C1COCCN1C(C)C(=O)OC. The minimum Gasteiger partial charge on any atom is -0.468 e. The van der Waals surface area contributed by atoms with Gasteiger partial charge in [-0.05, 0) is 6.92 Å². The van der Waals surface area contributed by atoms with E-state index < -0.39 is 12.1 Å². The lowest BCUT2D eigenvalue weighted by Gasteiger charge is -2.36.